The lowest BCUT2D eigenvalue weighted by Gasteiger charge is -2.25. The average molecular weight is 460 g/mol. The van der Waals surface area contributed by atoms with Crippen LogP contribution >= 0.6 is 0 Å². The molecule has 3 amide bonds. The van der Waals surface area contributed by atoms with Crippen LogP contribution in [0.25, 0.3) is 0 Å². The van der Waals surface area contributed by atoms with Crippen LogP contribution in [-0.2, 0) is 25.5 Å². The van der Waals surface area contributed by atoms with Gasteiger partial charge in [0.15, 0.2) is 0 Å². The smallest absolute Gasteiger partial charge is 0.408 e. The van der Waals surface area contributed by atoms with E-state index >= 15 is 0 Å². The Morgan fingerprint density at radius 3 is 2.39 bits per heavy atom. The van der Waals surface area contributed by atoms with Crippen LogP contribution in [0.2, 0.25) is 0 Å². The molecule has 33 heavy (non-hydrogen) atoms. The van der Waals surface area contributed by atoms with Crippen molar-refractivity contribution in [2.75, 3.05) is 6.54 Å². The lowest BCUT2D eigenvalue weighted by Crippen LogP contribution is -2.53. The molecule has 9 nitrogen and oxygen atoms in total. The lowest BCUT2D eigenvalue weighted by molar-refractivity contribution is -0.143. The van der Waals surface area contributed by atoms with E-state index in [-0.39, 0.29) is 18.2 Å². The van der Waals surface area contributed by atoms with Crippen molar-refractivity contribution in [2.45, 2.75) is 70.1 Å². The van der Waals surface area contributed by atoms with Crippen molar-refractivity contribution in [1.29, 1.82) is 0 Å². The van der Waals surface area contributed by atoms with Crippen LogP contribution < -0.4 is 16.0 Å². The molecule has 0 bridgehead atoms. The Morgan fingerprint density at radius 2 is 1.85 bits per heavy atom. The number of benzene rings is 1. The van der Waals surface area contributed by atoms with E-state index in [0.717, 1.165) is 18.4 Å². The molecule has 1 aliphatic heterocycles. The first-order valence-corrected chi connectivity index (χ1v) is 11.5. The number of amides is 3. The minimum atomic E-state index is -1.22. The molecule has 9 heteroatoms. The summed E-state index contributed by atoms with van der Waals surface area (Å²) in [6.07, 6.45) is 2.28. The predicted octanol–water partition coefficient (Wildman–Crippen LogP) is 2.00. The molecular formula is C24H33N3O6. The Balaban J connectivity index is 1.59. The SMILES string of the molecule is CC(C)CC(NC(=O)OC1(Cc2ccccc2)CC1)C(=O)NC(C[C@@H]1CCNC1=O)C(=O)O. The van der Waals surface area contributed by atoms with Gasteiger partial charge in [0.25, 0.3) is 0 Å². The number of aliphatic carboxylic acids is 1. The fourth-order valence-corrected chi connectivity index (χ4v) is 4.14. The summed E-state index contributed by atoms with van der Waals surface area (Å²) >= 11 is 0. The van der Waals surface area contributed by atoms with Crippen LogP contribution in [0, 0.1) is 11.8 Å². The molecule has 2 fully saturated rings. The second-order valence-corrected chi connectivity index (χ2v) is 9.47. The predicted molar refractivity (Wildman–Crippen MR) is 120 cm³/mol. The molecule has 1 saturated carbocycles. The third kappa shape index (κ3) is 7.20. The summed E-state index contributed by atoms with van der Waals surface area (Å²) < 4.78 is 5.69. The Labute approximate surface area is 193 Å². The quantitative estimate of drug-likeness (QED) is 0.400. The van der Waals surface area contributed by atoms with Gasteiger partial charge >= 0.3 is 12.1 Å². The molecule has 0 spiro atoms. The summed E-state index contributed by atoms with van der Waals surface area (Å²) in [6.45, 7) is 4.31. The first kappa shape index (κ1) is 24.5. The van der Waals surface area contributed by atoms with Crippen molar-refractivity contribution < 1.29 is 29.0 Å². The van der Waals surface area contributed by atoms with Crippen LogP contribution in [0.5, 0.6) is 0 Å². The number of nitrogens with one attached hydrogen (secondary N) is 3. The highest BCUT2D eigenvalue weighted by Gasteiger charge is 2.47. The Kier molecular flexibility index (Phi) is 7.94. The van der Waals surface area contributed by atoms with Crippen molar-refractivity contribution in [2.24, 2.45) is 11.8 Å². The standard InChI is InChI=1S/C24H33N3O6/c1-15(2)12-18(21(29)26-19(22(30)31)13-17-8-11-25-20(17)28)27-23(32)33-24(9-10-24)14-16-6-4-3-5-7-16/h3-7,15,17-19H,8-14H2,1-2H3,(H,25,28)(H,26,29)(H,27,32)(H,30,31)/t17-,18?,19?/m0/s1. The van der Waals surface area contributed by atoms with Crippen molar-refractivity contribution in [3.63, 3.8) is 0 Å². The van der Waals surface area contributed by atoms with Gasteiger partial charge < -0.3 is 25.8 Å². The minimum absolute atomic E-state index is 0.00589. The van der Waals surface area contributed by atoms with E-state index in [2.05, 4.69) is 16.0 Å². The largest absolute Gasteiger partial charge is 0.480 e. The van der Waals surface area contributed by atoms with Crippen LogP contribution in [0.15, 0.2) is 30.3 Å². The van der Waals surface area contributed by atoms with Crippen LogP contribution in [0.4, 0.5) is 4.79 Å². The maximum Gasteiger partial charge on any atom is 0.408 e. The average Bonchev–Trinajstić information content (AvgIpc) is 3.37. The number of hydrogen-bond acceptors (Lipinski definition) is 5. The lowest BCUT2D eigenvalue weighted by atomic mass is 9.97. The normalized spacial score (nSPS) is 20.5. The fraction of sp³-hybridized carbons (Fsp3) is 0.583. The summed E-state index contributed by atoms with van der Waals surface area (Å²) in [6, 6.07) is 7.59. The topological polar surface area (TPSA) is 134 Å². The van der Waals surface area contributed by atoms with E-state index in [1.165, 1.54) is 0 Å². The van der Waals surface area contributed by atoms with Crippen molar-refractivity contribution in [3.05, 3.63) is 35.9 Å². The van der Waals surface area contributed by atoms with Gasteiger partial charge in [-0.3, -0.25) is 9.59 Å². The van der Waals surface area contributed by atoms with Crippen LogP contribution in [-0.4, -0.2) is 53.2 Å². The van der Waals surface area contributed by atoms with E-state index in [4.69, 9.17) is 4.74 Å². The summed E-state index contributed by atoms with van der Waals surface area (Å²) in [5.74, 6) is -2.40. The van der Waals surface area contributed by atoms with Gasteiger partial charge in [0.05, 0.1) is 0 Å². The highest BCUT2D eigenvalue weighted by atomic mass is 16.6. The molecule has 3 atom stereocenters. The summed E-state index contributed by atoms with van der Waals surface area (Å²) in [7, 11) is 0. The molecule has 0 radical (unpaired) electrons. The zero-order valence-corrected chi connectivity index (χ0v) is 19.1. The van der Waals surface area contributed by atoms with E-state index in [9.17, 15) is 24.3 Å². The molecule has 180 valence electrons. The molecule has 0 aromatic heterocycles. The molecule has 1 aromatic carbocycles. The van der Waals surface area contributed by atoms with Crippen LogP contribution in [0.3, 0.4) is 0 Å². The van der Waals surface area contributed by atoms with E-state index < -0.39 is 41.6 Å². The molecule has 1 aromatic rings. The highest BCUT2D eigenvalue weighted by Crippen LogP contribution is 2.42. The van der Waals surface area contributed by atoms with Gasteiger partial charge in [-0.05, 0) is 43.6 Å². The first-order valence-electron chi connectivity index (χ1n) is 11.5. The third-order valence-electron chi connectivity index (χ3n) is 6.10. The van der Waals surface area contributed by atoms with Gasteiger partial charge in [-0.1, -0.05) is 44.2 Å². The maximum atomic E-state index is 12.9. The van der Waals surface area contributed by atoms with Gasteiger partial charge in [-0.15, -0.1) is 0 Å². The van der Waals surface area contributed by atoms with Crippen molar-refractivity contribution >= 4 is 23.9 Å². The number of carboxylic acids is 1. The molecule has 3 rings (SSSR count). The number of carbonyl (C=O) groups is 4. The van der Waals surface area contributed by atoms with Gasteiger partial charge in [-0.25, -0.2) is 9.59 Å². The summed E-state index contributed by atoms with van der Waals surface area (Å²) in [4.78, 5) is 49.1. The van der Waals surface area contributed by atoms with Crippen molar-refractivity contribution in [3.8, 4) is 0 Å². The number of rotatable bonds is 11. The number of ether oxygens (including phenoxy) is 1. The van der Waals surface area contributed by atoms with Gasteiger partial charge in [0.2, 0.25) is 11.8 Å². The molecule has 1 heterocycles. The number of carboxylic acid groups (broad SMARTS) is 1. The molecular weight excluding hydrogens is 426 g/mol. The monoisotopic (exact) mass is 459 g/mol. The zero-order chi connectivity index (χ0) is 24.0. The number of carbonyl (C=O) groups excluding carboxylic acids is 3. The van der Waals surface area contributed by atoms with Crippen molar-refractivity contribution in [1.82, 2.24) is 16.0 Å². The molecule has 2 aliphatic rings. The Hall–Kier alpha value is -3.10. The molecule has 1 aliphatic carbocycles. The highest BCUT2D eigenvalue weighted by molar-refractivity contribution is 5.90. The minimum Gasteiger partial charge on any atom is -0.480 e. The first-order chi connectivity index (χ1) is 15.7. The molecule has 1 saturated heterocycles. The molecule has 2 unspecified atom stereocenters. The fourth-order valence-electron chi connectivity index (χ4n) is 4.14. The van der Waals surface area contributed by atoms with Crippen LogP contribution in [0.1, 0.15) is 51.5 Å². The van der Waals surface area contributed by atoms with E-state index in [0.29, 0.717) is 25.8 Å². The summed E-state index contributed by atoms with van der Waals surface area (Å²) in [5.41, 5.74) is 0.503. The van der Waals surface area contributed by atoms with Gasteiger partial charge in [-0.2, -0.15) is 0 Å². The van der Waals surface area contributed by atoms with E-state index in [1.807, 2.05) is 44.2 Å². The second-order valence-electron chi connectivity index (χ2n) is 9.47. The summed E-state index contributed by atoms with van der Waals surface area (Å²) in [5, 5.41) is 17.4. The zero-order valence-electron chi connectivity index (χ0n) is 19.1. The Bertz CT molecular complexity index is 868. The maximum absolute atomic E-state index is 12.9. The van der Waals surface area contributed by atoms with E-state index in [1.54, 1.807) is 0 Å². The number of alkyl carbamates (subject to hydrolysis) is 1. The Morgan fingerprint density at radius 1 is 1.15 bits per heavy atom. The van der Waals surface area contributed by atoms with Gasteiger partial charge in [0.1, 0.15) is 17.7 Å². The third-order valence-corrected chi connectivity index (χ3v) is 6.10. The number of hydrogen-bond donors (Lipinski definition) is 4. The van der Waals surface area contributed by atoms with Gasteiger partial charge in [0, 0.05) is 18.9 Å². The second kappa shape index (κ2) is 10.7. The molecule has 4 N–H and O–H groups in total.